The maximum absolute atomic E-state index is 14.3. The highest BCUT2D eigenvalue weighted by molar-refractivity contribution is 7.89. The van der Waals surface area contributed by atoms with E-state index in [0.29, 0.717) is 25.3 Å². The first-order chi connectivity index (χ1) is 26.6. The molecular weight excluding hydrogens is 764 g/mol. The molecule has 0 bridgehead atoms. The molecule has 0 saturated carbocycles. The van der Waals surface area contributed by atoms with Crippen molar-refractivity contribution in [2.75, 3.05) is 13.6 Å². The number of aliphatic hydroxyl groups is 4. The Kier molecular flexibility index (Phi) is 14.2. The quantitative estimate of drug-likeness (QED) is 0.244. The molecule has 17 heteroatoms. The van der Waals surface area contributed by atoms with Crippen LogP contribution in [0.5, 0.6) is 5.75 Å². The Morgan fingerprint density at radius 2 is 1.77 bits per heavy atom. The summed E-state index contributed by atoms with van der Waals surface area (Å²) >= 11 is 0. The number of rotatable bonds is 8. The van der Waals surface area contributed by atoms with E-state index in [-0.39, 0.29) is 36.0 Å². The van der Waals surface area contributed by atoms with Gasteiger partial charge in [-0.1, -0.05) is 20.8 Å². The van der Waals surface area contributed by atoms with E-state index in [9.17, 15) is 38.0 Å². The average Bonchev–Trinajstić information content (AvgIpc) is 3.79. The number of cyclic esters (lactones) is 1. The monoisotopic (exact) mass is 826 g/mol. The first-order valence-corrected chi connectivity index (χ1v) is 21.5. The zero-order valence-electron chi connectivity index (χ0n) is 34.5. The Morgan fingerprint density at radius 3 is 2.42 bits per heavy atom. The Morgan fingerprint density at radius 1 is 1.11 bits per heavy atom. The summed E-state index contributed by atoms with van der Waals surface area (Å²) in [7, 11) is -2.70. The van der Waals surface area contributed by atoms with Crippen LogP contribution in [0.4, 0.5) is 4.39 Å². The van der Waals surface area contributed by atoms with Crippen LogP contribution in [0, 0.1) is 23.6 Å². The van der Waals surface area contributed by atoms with Gasteiger partial charge >= 0.3 is 5.97 Å². The Hall–Kier alpha value is -2.74. The maximum Gasteiger partial charge on any atom is 0.311 e. The van der Waals surface area contributed by atoms with E-state index in [2.05, 4.69) is 10.3 Å². The van der Waals surface area contributed by atoms with Gasteiger partial charge in [0.2, 0.25) is 0 Å². The minimum Gasteiger partial charge on any atom is -0.483 e. The minimum absolute atomic E-state index is 0.0493. The lowest BCUT2D eigenvalue weighted by Gasteiger charge is -2.47. The SMILES string of the molecule is CC[C@H]1OC(=O)[C@H](C)[C@@H](O)[C@H](C)[C@@H](O[C@@H]2O[C@H](C)C[C@H](N(C)S(=O)(=O)c3cnc4n3CCC4)[C@H]2Oc2ccc(F)cc2)[C@](C)(O)C[C@@H](C)CN[C@H](C)[C@@H](O)[C@]1(C)O. The molecule has 2 saturated heterocycles. The fourth-order valence-electron chi connectivity index (χ4n) is 8.76. The number of sulfonamides is 1. The summed E-state index contributed by atoms with van der Waals surface area (Å²) in [6.07, 6.45) is -5.01. The van der Waals surface area contributed by atoms with Gasteiger partial charge in [0.05, 0.1) is 42.1 Å². The second-order valence-electron chi connectivity index (χ2n) is 17.0. The van der Waals surface area contributed by atoms with Crippen molar-refractivity contribution in [2.24, 2.45) is 17.8 Å². The molecule has 57 heavy (non-hydrogen) atoms. The average molecular weight is 827 g/mol. The van der Waals surface area contributed by atoms with Gasteiger partial charge in [-0.15, -0.1) is 0 Å². The molecule has 0 amide bonds. The van der Waals surface area contributed by atoms with Crippen LogP contribution in [0.1, 0.15) is 86.9 Å². The highest BCUT2D eigenvalue weighted by Gasteiger charge is 2.52. The van der Waals surface area contributed by atoms with Crippen LogP contribution >= 0.6 is 0 Å². The number of aliphatic hydroxyl groups excluding tert-OH is 2. The number of hydrogen-bond acceptors (Lipinski definition) is 13. The second-order valence-corrected chi connectivity index (χ2v) is 19.0. The molecule has 2 aromatic rings. The smallest absolute Gasteiger partial charge is 0.311 e. The van der Waals surface area contributed by atoms with Gasteiger partial charge < -0.3 is 49.3 Å². The Balaban J connectivity index is 1.54. The fourth-order valence-corrected chi connectivity index (χ4v) is 10.3. The maximum atomic E-state index is 14.3. The number of fused-ring (bicyclic) bond motifs is 1. The van der Waals surface area contributed by atoms with E-state index in [1.54, 1.807) is 39.2 Å². The number of carbonyl (C=O) groups excluding carboxylic acids is 1. The molecule has 3 aliphatic rings. The molecular formula is C40H63FN4O11S. The minimum atomic E-state index is -4.16. The number of benzene rings is 1. The summed E-state index contributed by atoms with van der Waals surface area (Å²) < 4.78 is 71.1. The van der Waals surface area contributed by atoms with Crippen molar-refractivity contribution >= 4 is 16.0 Å². The predicted octanol–water partition coefficient (Wildman–Crippen LogP) is 2.76. The number of esters is 1. The molecule has 322 valence electrons. The van der Waals surface area contributed by atoms with Crippen molar-refractivity contribution in [3.8, 4) is 5.75 Å². The third kappa shape index (κ3) is 9.68. The number of aromatic nitrogens is 2. The van der Waals surface area contributed by atoms with Gasteiger partial charge in [0.15, 0.2) is 17.4 Å². The summed E-state index contributed by atoms with van der Waals surface area (Å²) in [4.78, 5) is 18.0. The van der Waals surface area contributed by atoms with Gasteiger partial charge in [-0.05, 0) is 97.0 Å². The molecule has 2 fully saturated rings. The van der Waals surface area contributed by atoms with Crippen LogP contribution in [-0.4, -0.2) is 128 Å². The molecule has 0 spiro atoms. The van der Waals surface area contributed by atoms with Crippen molar-refractivity contribution in [1.29, 1.82) is 0 Å². The first-order valence-electron chi connectivity index (χ1n) is 20.1. The van der Waals surface area contributed by atoms with Crippen molar-refractivity contribution in [3.05, 3.63) is 42.1 Å². The van der Waals surface area contributed by atoms with E-state index in [1.165, 1.54) is 55.7 Å². The Bertz CT molecular complexity index is 1780. The second kappa shape index (κ2) is 17.9. The number of nitrogens with zero attached hydrogens (tertiary/aromatic N) is 3. The van der Waals surface area contributed by atoms with Crippen LogP contribution in [0.3, 0.4) is 0 Å². The molecule has 4 heterocycles. The number of hydrogen-bond donors (Lipinski definition) is 5. The standard InChI is InChI=1S/C40H63FN4O11S/c1-10-30-40(8,50)35(47)26(6)42-20-22(2)19-39(7,49)36(24(4)33(46)25(5)37(48)55-30)56-38-34(54-28-15-13-27(41)14-16-28)29(18-23(3)53-38)44(9)57(51,52)32-21-43-31-12-11-17-45(31)32/h13-16,21-26,29-30,33-36,38,42,46-47,49-50H,10-12,17-20H2,1-9H3/t22-,23-,24+,25-,26-,29+,30-,33+,34-,35-,36-,38+,39-,40-/m1/s1. The van der Waals surface area contributed by atoms with Gasteiger partial charge in [0, 0.05) is 32.0 Å². The molecule has 1 aromatic carbocycles. The van der Waals surface area contributed by atoms with Crippen LogP contribution in [0.25, 0.3) is 0 Å². The van der Waals surface area contributed by atoms with E-state index < -0.39 is 99.8 Å². The van der Waals surface area contributed by atoms with Crippen molar-refractivity contribution < 1.29 is 57.0 Å². The zero-order valence-corrected chi connectivity index (χ0v) is 35.4. The first kappa shape index (κ1) is 45.3. The van der Waals surface area contributed by atoms with Gasteiger partial charge in [0.1, 0.15) is 35.2 Å². The summed E-state index contributed by atoms with van der Waals surface area (Å²) in [6, 6.07) is 3.70. The van der Waals surface area contributed by atoms with E-state index in [1.807, 2.05) is 6.92 Å². The zero-order chi connectivity index (χ0) is 42.2. The number of likely N-dealkylation sites (N-methyl/N-ethyl adjacent to an activating group) is 1. The van der Waals surface area contributed by atoms with Crippen LogP contribution in [0.15, 0.2) is 35.5 Å². The molecule has 1 aromatic heterocycles. The number of ether oxygens (including phenoxy) is 4. The lowest BCUT2D eigenvalue weighted by atomic mass is 9.78. The highest BCUT2D eigenvalue weighted by atomic mass is 32.2. The topological polar surface area (TPSA) is 202 Å². The highest BCUT2D eigenvalue weighted by Crippen LogP contribution is 2.38. The molecule has 5 N–H and O–H groups in total. The lowest BCUT2D eigenvalue weighted by molar-refractivity contribution is -0.293. The molecule has 5 rings (SSSR count). The largest absolute Gasteiger partial charge is 0.483 e. The predicted molar refractivity (Wildman–Crippen MR) is 207 cm³/mol. The van der Waals surface area contributed by atoms with Gasteiger partial charge in [-0.3, -0.25) is 4.79 Å². The summed E-state index contributed by atoms with van der Waals surface area (Å²) in [5, 5.41) is 50.1. The van der Waals surface area contributed by atoms with E-state index in [0.717, 1.165) is 6.42 Å². The molecule has 15 nitrogen and oxygen atoms in total. The third-order valence-electron chi connectivity index (χ3n) is 12.2. The fraction of sp³-hybridized carbons (Fsp3) is 0.750. The number of aryl methyl sites for hydroxylation is 1. The summed E-state index contributed by atoms with van der Waals surface area (Å²) in [5.41, 5.74) is -3.54. The summed E-state index contributed by atoms with van der Waals surface area (Å²) in [5.74, 6) is -2.83. The van der Waals surface area contributed by atoms with Crippen molar-refractivity contribution in [3.63, 3.8) is 0 Å². The number of halogens is 1. The molecule has 0 aliphatic carbocycles. The van der Waals surface area contributed by atoms with Crippen LogP contribution < -0.4 is 10.1 Å². The van der Waals surface area contributed by atoms with Gasteiger partial charge in [-0.2, -0.15) is 4.31 Å². The van der Waals surface area contributed by atoms with Crippen molar-refractivity contribution in [2.45, 2.75) is 165 Å². The third-order valence-corrected chi connectivity index (χ3v) is 14.0. The van der Waals surface area contributed by atoms with E-state index >= 15 is 0 Å². The lowest BCUT2D eigenvalue weighted by Crippen LogP contribution is -2.61. The number of nitrogens with one attached hydrogen (secondary N) is 1. The van der Waals surface area contributed by atoms with Gasteiger partial charge in [0.25, 0.3) is 10.0 Å². The molecule has 0 radical (unpaired) electrons. The summed E-state index contributed by atoms with van der Waals surface area (Å²) in [6.45, 7) is 14.0. The molecule has 14 atom stereocenters. The van der Waals surface area contributed by atoms with Gasteiger partial charge in [-0.25, -0.2) is 17.8 Å². The molecule has 3 aliphatic heterocycles. The number of imidazole rings is 1. The van der Waals surface area contributed by atoms with E-state index in [4.69, 9.17) is 18.9 Å². The molecule has 0 unspecified atom stereocenters. The Labute approximate surface area is 335 Å². The van der Waals surface area contributed by atoms with Crippen LogP contribution in [-0.2, 0) is 42.0 Å². The van der Waals surface area contributed by atoms with Crippen molar-refractivity contribution in [1.82, 2.24) is 19.2 Å². The van der Waals surface area contributed by atoms with Crippen LogP contribution in [0.2, 0.25) is 0 Å². The normalized spacial score (nSPS) is 38.9. The number of carbonyl (C=O) groups is 1.